The van der Waals surface area contributed by atoms with Gasteiger partial charge in [-0.1, -0.05) is 0 Å². The molecule has 2 aromatic rings. The minimum Gasteiger partial charge on any atom is -0.478 e. The maximum Gasteiger partial charge on any atom is 0.335 e. The Hall–Kier alpha value is -2.48. The molecular formula is C12H9N3O4S. The Balaban J connectivity index is 2.37. The van der Waals surface area contributed by atoms with E-state index in [9.17, 15) is 14.9 Å². The highest BCUT2D eigenvalue weighted by molar-refractivity contribution is 7.99. The molecule has 1 N–H and O–H groups in total. The van der Waals surface area contributed by atoms with Gasteiger partial charge >= 0.3 is 11.7 Å². The number of carbonyl (C=O) groups is 1. The lowest BCUT2D eigenvalue weighted by Gasteiger charge is -2.03. The van der Waals surface area contributed by atoms with Crippen molar-refractivity contribution in [3.63, 3.8) is 0 Å². The van der Waals surface area contributed by atoms with Gasteiger partial charge in [0.1, 0.15) is 5.03 Å². The van der Waals surface area contributed by atoms with Gasteiger partial charge in [0, 0.05) is 18.5 Å². The van der Waals surface area contributed by atoms with Crippen LogP contribution in [0.5, 0.6) is 0 Å². The van der Waals surface area contributed by atoms with Gasteiger partial charge in [0.05, 0.1) is 10.5 Å². The molecule has 0 unspecified atom stereocenters. The molecule has 0 saturated carbocycles. The summed E-state index contributed by atoms with van der Waals surface area (Å²) in [4.78, 5) is 29.3. The van der Waals surface area contributed by atoms with E-state index in [1.165, 1.54) is 30.6 Å². The summed E-state index contributed by atoms with van der Waals surface area (Å²) in [5.41, 5.74) is 0.614. The third kappa shape index (κ3) is 3.09. The van der Waals surface area contributed by atoms with Crippen LogP contribution in [-0.4, -0.2) is 26.0 Å². The molecule has 0 aliphatic carbocycles. The molecule has 7 nitrogen and oxygen atoms in total. The maximum absolute atomic E-state index is 11.0. The molecule has 2 heterocycles. The molecule has 0 spiro atoms. The van der Waals surface area contributed by atoms with Crippen LogP contribution >= 0.6 is 11.8 Å². The number of hydrogen-bond donors (Lipinski definition) is 1. The topological polar surface area (TPSA) is 106 Å². The van der Waals surface area contributed by atoms with Gasteiger partial charge in [-0.15, -0.1) is 0 Å². The first-order valence-corrected chi connectivity index (χ1v) is 6.27. The summed E-state index contributed by atoms with van der Waals surface area (Å²) in [6.07, 6.45) is 2.85. The summed E-state index contributed by atoms with van der Waals surface area (Å²) in [6.45, 7) is 1.71. The summed E-state index contributed by atoms with van der Waals surface area (Å²) in [5.74, 6) is -1.08. The zero-order chi connectivity index (χ0) is 14.7. The van der Waals surface area contributed by atoms with E-state index in [-0.39, 0.29) is 16.3 Å². The molecule has 8 heteroatoms. The van der Waals surface area contributed by atoms with Crippen molar-refractivity contribution in [3.05, 3.63) is 51.8 Å². The van der Waals surface area contributed by atoms with E-state index in [0.29, 0.717) is 10.6 Å². The van der Waals surface area contributed by atoms with Crippen LogP contribution in [0.1, 0.15) is 15.9 Å². The second-order valence-corrected chi connectivity index (χ2v) is 4.89. The van der Waals surface area contributed by atoms with Crippen molar-refractivity contribution in [1.29, 1.82) is 0 Å². The number of aromatic carboxylic acids is 1. The third-order valence-corrected chi connectivity index (χ3v) is 3.29. The Morgan fingerprint density at radius 3 is 2.80 bits per heavy atom. The van der Waals surface area contributed by atoms with E-state index in [4.69, 9.17) is 5.11 Å². The number of nitrogens with zero attached hydrogens (tertiary/aromatic N) is 3. The predicted octanol–water partition coefficient (Wildman–Crippen LogP) is 2.54. The second kappa shape index (κ2) is 5.66. The highest BCUT2D eigenvalue weighted by atomic mass is 32.2. The van der Waals surface area contributed by atoms with Crippen molar-refractivity contribution < 1.29 is 14.8 Å². The molecule has 0 saturated heterocycles. The average Bonchev–Trinajstić information content (AvgIpc) is 2.41. The van der Waals surface area contributed by atoms with E-state index < -0.39 is 10.9 Å². The van der Waals surface area contributed by atoms with Gasteiger partial charge in [-0.2, -0.15) is 0 Å². The van der Waals surface area contributed by atoms with Crippen molar-refractivity contribution in [3.8, 4) is 0 Å². The van der Waals surface area contributed by atoms with Gasteiger partial charge in [-0.05, 0) is 36.4 Å². The van der Waals surface area contributed by atoms with Gasteiger partial charge in [0.25, 0.3) is 0 Å². The van der Waals surface area contributed by atoms with Gasteiger partial charge in [-0.3, -0.25) is 10.1 Å². The van der Waals surface area contributed by atoms with Crippen molar-refractivity contribution in [2.24, 2.45) is 0 Å². The number of aryl methyl sites for hydroxylation is 1. The largest absolute Gasteiger partial charge is 0.478 e. The van der Waals surface area contributed by atoms with Crippen LogP contribution in [0.2, 0.25) is 0 Å². The fourth-order valence-electron chi connectivity index (χ4n) is 1.45. The van der Waals surface area contributed by atoms with Crippen LogP contribution in [0.4, 0.5) is 5.69 Å². The first-order valence-electron chi connectivity index (χ1n) is 5.45. The zero-order valence-electron chi connectivity index (χ0n) is 10.3. The number of aromatic nitrogens is 2. The number of carboxylic acids is 1. The molecule has 0 aliphatic rings. The van der Waals surface area contributed by atoms with E-state index in [1.807, 2.05) is 0 Å². The summed E-state index contributed by atoms with van der Waals surface area (Å²) >= 11 is 0.956. The smallest absolute Gasteiger partial charge is 0.335 e. The predicted molar refractivity (Wildman–Crippen MR) is 70.9 cm³/mol. The molecule has 102 valence electrons. The lowest BCUT2D eigenvalue weighted by molar-refractivity contribution is -0.388. The quantitative estimate of drug-likeness (QED) is 0.681. The molecule has 20 heavy (non-hydrogen) atoms. The monoisotopic (exact) mass is 291 g/mol. The molecule has 2 rings (SSSR count). The van der Waals surface area contributed by atoms with Crippen molar-refractivity contribution in [2.45, 2.75) is 17.0 Å². The first kappa shape index (κ1) is 13.9. The summed E-state index contributed by atoms with van der Waals surface area (Å²) in [7, 11) is 0. The molecule has 0 aromatic carbocycles. The number of rotatable bonds is 4. The Kier molecular flexibility index (Phi) is 3.94. The molecule has 0 bridgehead atoms. The number of pyridine rings is 2. The number of nitro groups is 1. The van der Waals surface area contributed by atoms with Crippen molar-refractivity contribution in [2.75, 3.05) is 0 Å². The van der Waals surface area contributed by atoms with Crippen LogP contribution in [-0.2, 0) is 0 Å². The van der Waals surface area contributed by atoms with Crippen molar-refractivity contribution in [1.82, 2.24) is 9.97 Å². The van der Waals surface area contributed by atoms with Gasteiger partial charge in [-0.25, -0.2) is 14.8 Å². The number of carboxylic acid groups (broad SMARTS) is 1. The van der Waals surface area contributed by atoms with Crippen molar-refractivity contribution >= 4 is 23.4 Å². The normalized spacial score (nSPS) is 10.2. The zero-order valence-corrected chi connectivity index (χ0v) is 11.1. The standard InChI is InChI=1S/C12H9N3O4S/c1-7-4-9(15(18)19)11(14-6-7)20-10-5-8(12(16)17)2-3-13-10/h2-6H,1H3,(H,16,17). The molecule has 0 aliphatic heterocycles. The van der Waals surface area contributed by atoms with Crippen LogP contribution in [0.3, 0.4) is 0 Å². The molecule has 2 aromatic heterocycles. The summed E-state index contributed by atoms with van der Waals surface area (Å²) < 4.78 is 0. The lowest BCUT2D eigenvalue weighted by Crippen LogP contribution is -1.98. The Labute approximate surface area is 117 Å². The van der Waals surface area contributed by atoms with E-state index >= 15 is 0 Å². The second-order valence-electron chi connectivity index (χ2n) is 3.88. The SMILES string of the molecule is Cc1cnc(Sc2cc(C(=O)O)ccn2)c([N+](=O)[O-])c1. The third-order valence-electron chi connectivity index (χ3n) is 2.35. The summed E-state index contributed by atoms with van der Waals surface area (Å²) in [5, 5.41) is 20.4. The van der Waals surface area contributed by atoms with Crippen LogP contribution < -0.4 is 0 Å². The van der Waals surface area contributed by atoms with E-state index in [1.54, 1.807) is 6.92 Å². The molecule has 0 amide bonds. The highest BCUT2D eigenvalue weighted by Crippen LogP contribution is 2.32. The van der Waals surface area contributed by atoms with E-state index in [0.717, 1.165) is 11.8 Å². The lowest BCUT2D eigenvalue weighted by atomic mass is 10.3. The molecule has 0 atom stereocenters. The van der Waals surface area contributed by atoms with E-state index in [2.05, 4.69) is 9.97 Å². The van der Waals surface area contributed by atoms with Crippen LogP contribution in [0, 0.1) is 17.0 Å². The Morgan fingerprint density at radius 2 is 2.15 bits per heavy atom. The Bertz CT molecular complexity index is 690. The minimum absolute atomic E-state index is 0.0669. The summed E-state index contributed by atoms with van der Waals surface area (Å²) in [6, 6.07) is 4.11. The highest BCUT2D eigenvalue weighted by Gasteiger charge is 2.17. The average molecular weight is 291 g/mol. The van der Waals surface area contributed by atoms with Gasteiger partial charge < -0.3 is 5.11 Å². The van der Waals surface area contributed by atoms with Gasteiger partial charge in [0.2, 0.25) is 0 Å². The Morgan fingerprint density at radius 1 is 1.40 bits per heavy atom. The fraction of sp³-hybridized carbons (Fsp3) is 0.0833. The number of hydrogen-bond acceptors (Lipinski definition) is 6. The first-order chi connectivity index (χ1) is 9.47. The maximum atomic E-state index is 11.0. The fourth-order valence-corrected chi connectivity index (χ4v) is 2.29. The van der Waals surface area contributed by atoms with Gasteiger partial charge in [0.15, 0.2) is 5.03 Å². The van der Waals surface area contributed by atoms with Crippen LogP contribution in [0.25, 0.3) is 0 Å². The molecule has 0 fully saturated rings. The van der Waals surface area contributed by atoms with Crippen LogP contribution in [0.15, 0.2) is 40.6 Å². The molecular weight excluding hydrogens is 282 g/mol. The minimum atomic E-state index is -1.08. The molecule has 0 radical (unpaired) electrons.